The van der Waals surface area contributed by atoms with Gasteiger partial charge in [-0.15, -0.1) is 11.3 Å². The van der Waals surface area contributed by atoms with E-state index in [9.17, 15) is 4.79 Å². The average molecular weight is 447 g/mol. The molecule has 2 aromatic rings. The maximum atomic E-state index is 12.0. The van der Waals surface area contributed by atoms with Gasteiger partial charge in [0.2, 0.25) is 5.91 Å². The van der Waals surface area contributed by atoms with Crippen molar-refractivity contribution in [3.63, 3.8) is 0 Å². The van der Waals surface area contributed by atoms with Crippen LogP contribution >= 0.6 is 11.3 Å². The van der Waals surface area contributed by atoms with Gasteiger partial charge in [-0.1, -0.05) is 30.5 Å². The molecule has 0 atom stereocenters. The Morgan fingerprint density at radius 3 is 2.84 bits per heavy atom. The highest BCUT2D eigenvalue weighted by Crippen LogP contribution is 2.25. The summed E-state index contributed by atoms with van der Waals surface area (Å²) < 4.78 is 10.8. The molecule has 4 rings (SSSR count). The van der Waals surface area contributed by atoms with Gasteiger partial charge in [0.15, 0.2) is 5.76 Å². The fourth-order valence-electron chi connectivity index (χ4n) is 4.54. The third-order valence-electron chi connectivity index (χ3n) is 6.28. The van der Waals surface area contributed by atoms with Crippen LogP contribution in [-0.4, -0.2) is 72.8 Å². The van der Waals surface area contributed by atoms with Gasteiger partial charge in [-0.3, -0.25) is 9.69 Å². The van der Waals surface area contributed by atoms with E-state index in [0.29, 0.717) is 12.2 Å². The smallest absolute Gasteiger partial charge is 0.246 e. The Labute approximate surface area is 188 Å². The second kappa shape index (κ2) is 11.8. The van der Waals surface area contributed by atoms with E-state index in [4.69, 9.17) is 9.26 Å². The number of ether oxygens (including phenoxy) is 1. The van der Waals surface area contributed by atoms with E-state index in [1.165, 1.54) is 45.2 Å². The number of rotatable bonds is 10. The molecule has 2 aromatic heterocycles. The molecule has 3 heterocycles. The second-order valence-corrected chi connectivity index (χ2v) is 9.47. The molecule has 1 aliphatic carbocycles. The van der Waals surface area contributed by atoms with Crippen molar-refractivity contribution in [2.75, 3.05) is 45.9 Å². The number of aromatic nitrogens is 1. The summed E-state index contributed by atoms with van der Waals surface area (Å²) in [6, 6.07) is 6.65. The summed E-state index contributed by atoms with van der Waals surface area (Å²) >= 11 is 1.60. The van der Waals surface area contributed by atoms with Crippen molar-refractivity contribution in [2.45, 2.75) is 51.2 Å². The zero-order valence-electron chi connectivity index (χ0n) is 18.3. The van der Waals surface area contributed by atoms with Crippen molar-refractivity contribution >= 4 is 17.2 Å². The summed E-state index contributed by atoms with van der Waals surface area (Å²) in [7, 11) is 0. The van der Waals surface area contributed by atoms with Crippen LogP contribution in [0.2, 0.25) is 0 Å². The average Bonchev–Trinajstić information content (AvgIpc) is 3.50. The van der Waals surface area contributed by atoms with Gasteiger partial charge in [0.1, 0.15) is 12.3 Å². The monoisotopic (exact) mass is 446 g/mol. The van der Waals surface area contributed by atoms with Gasteiger partial charge in [-0.2, -0.15) is 0 Å². The molecule has 0 spiro atoms. The van der Waals surface area contributed by atoms with Crippen LogP contribution < -0.4 is 5.32 Å². The molecule has 2 aliphatic rings. The molecule has 0 bridgehead atoms. The van der Waals surface area contributed by atoms with E-state index in [2.05, 4.69) is 20.3 Å². The van der Waals surface area contributed by atoms with E-state index < -0.39 is 0 Å². The minimum Gasteiger partial charge on any atom is -0.365 e. The molecule has 1 N–H and O–H groups in total. The van der Waals surface area contributed by atoms with Crippen LogP contribution in [-0.2, 0) is 16.1 Å². The predicted molar refractivity (Wildman–Crippen MR) is 122 cm³/mol. The SMILES string of the molecule is O=C(COCc1cc(-c2cccs2)on1)NCCCN1CCN(C2CCCCC2)CC1. The zero-order chi connectivity index (χ0) is 21.3. The molecule has 0 radical (unpaired) electrons. The third kappa shape index (κ3) is 6.87. The fourth-order valence-corrected chi connectivity index (χ4v) is 5.22. The first-order valence-electron chi connectivity index (χ1n) is 11.6. The lowest BCUT2D eigenvalue weighted by Gasteiger charge is -2.40. The Balaban J connectivity index is 1.03. The Kier molecular flexibility index (Phi) is 8.52. The molecule has 2 fully saturated rings. The van der Waals surface area contributed by atoms with Crippen molar-refractivity contribution in [1.82, 2.24) is 20.3 Å². The van der Waals surface area contributed by atoms with Gasteiger partial charge in [0.25, 0.3) is 0 Å². The molecule has 170 valence electrons. The molecule has 1 saturated carbocycles. The minimum absolute atomic E-state index is 0.0429. The van der Waals surface area contributed by atoms with E-state index in [1.807, 2.05) is 23.6 Å². The number of carbonyl (C=O) groups is 1. The van der Waals surface area contributed by atoms with Crippen LogP contribution in [0.3, 0.4) is 0 Å². The van der Waals surface area contributed by atoms with Crippen LogP contribution in [0, 0.1) is 0 Å². The maximum Gasteiger partial charge on any atom is 0.246 e. The number of amides is 1. The van der Waals surface area contributed by atoms with Gasteiger partial charge in [-0.05, 0) is 37.3 Å². The lowest BCUT2D eigenvalue weighted by Crippen LogP contribution is -2.51. The van der Waals surface area contributed by atoms with E-state index in [0.717, 1.165) is 42.7 Å². The van der Waals surface area contributed by atoms with Gasteiger partial charge in [0, 0.05) is 44.8 Å². The zero-order valence-corrected chi connectivity index (χ0v) is 19.1. The Morgan fingerprint density at radius 1 is 1.23 bits per heavy atom. The van der Waals surface area contributed by atoms with Crippen molar-refractivity contribution in [3.05, 3.63) is 29.3 Å². The number of hydrogen-bond donors (Lipinski definition) is 1. The van der Waals surface area contributed by atoms with Crippen molar-refractivity contribution in [1.29, 1.82) is 0 Å². The summed E-state index contributed by atoms with van der Waals surface area (Å²) in [5.74, 6) is 0.654. The highest BCUT2D eigenvalue weighted by molar-refractivity contribution is 7.13. The topological polar surface area (TPSA) is 70.8 Å². The van der Waals surface area contributed by atoms with Crippen molar-refractivity contribution < 1.29 is 14.1 Å². The molecule has 1 aliphatic heterocycles. The van der Waals surface area contributed by atoms with Gasteiger partial charge >= 0.3 is 0 Å². The third-order valence-corrected chi connectivity index (χ3v) is 7.16. The molecule has 0 aromatic carbocycles. The summed E-state index contributed by atoms with van der Waals surface area (Å²) in [6.45, 7) is 6.75. The van der Waals surface area contributed by atoms with Crippen LogP contribution in [0.4, 0.5) is 0 Å². The molecule has 8 heteroatoms. The lowest BCUT2D eigenvalue weighted by atomic mass is 9.94. The number of piperazine rings is 1. The normalized spacial score (nSPS) is 19.0. The number of hydrogen-bond acceptors (Lipinski definition) is 7. The molecule has 0 unspecified atom stereocenters. The van der Waals surface area contributed by atoms with Crippen molar-refractivity contribution in [2.24, 2.45) is 0 Å². The molecule has 31 heavy (non-hydrogen) atoms. The molecule has 1 saturated heterocycles. The molecular formula is C23H34N4O3S. The lowest BCUT2D eigenvalue weighted by molar-refractivity contribution is -0.126. The Morgan fingerprint density at radius 2 is 2.06 bits per heavy atom. The fraction of sp³-hybridized carbons (Fsp3) is 0.652. The molecule has 7 nitrogen and oxygen atoms in total. The van der Waals surface area contributed by atoms with E-state index in [-0.39, 0.29) is 19.1 Å². The first-order chi connectivity index (χ1) is 15.3. The Bertz CT molecular complexity index is 781. The van der Waals surface area contributed by atoms with E-state index in [1.54, 1.807) is 11.3 Å². The first kappa shape index (κ1) is 22.5. The van der Waals surface area contributed by atoms with Crippen LogP contribution in [0.5, 0.6) is 0 Å². The number of nitrogens with zero attached hydrogens (tertiary/aromatic N) is 3. The largest absolute Gasteiger partial charge is 0.365 e. The highest BCUT2D eigenvalue weighted by atomic mass is 32.1. The summed E-state index contributed by atoms with van der Waals surface area (Å²) in [5, 5.41) is 8.95. The second-order valence-electron chi connectivity index (χ2n) is 8.53. The number of carbonyl (C=O) groups excluding carboxylic acids is 1. The van der Waals surface area contributed by atoms with E-state index >= 15 is 0 Å². The van der Waals surface area contributed by atoms with Gasteiger partial charge in [0.05, 0.1) is 11.5 Å². The highest BCUT2D eigenvalue weighted by Gasteiger charge is 2.24. The minimum atomic E-state index is -0.0795. The quantitative estimate of drug-likeness (QED) is 0.564. The summed E-state index contributed by atoms with van der Waals surface area (Å²) in [4.78, 5) is 18.3. The van der Waals surface area contributed by atoms with Crippen LogP contribution in [0.15, 0.2) is 28.1 Å². The summed E-state index contributed by atoms with van der Waals surface area (Å²) in [6.07, 6.45) is 7.99. The van der Waals surface area contributed by atoms with Crippen LogP contribution in [0.25, 0.3) is 10.6 Å². The van der Waals surface area contributed by atoms with Gasteiger partial charge in [-0.25, -0.2) is 0 Å². The number of thiophene rings is 1. The predicted octanol–water partition coefficient (Wildman–Crippen LogP) is 3.38. The van der Waals surface area contributed by atoms with Crippen molar-refractivity contribution in [3.8, 4) is 10.6 Å². The van der Waals surface area contributed by atoms with Gasteiger partial charge < -0.3 is 19.5 Å². The molecule has 1 amide bonds. The number of nitrogens with one attached hydrogen (secondary N) is 1. The summed E-state index contributed by atoms with van der Waals surface area (Å²) in [5.41, 5.74) is 0.698. The van der Waals surface area contributed by atoms with Crippen LogP contribution in [0.1, 0.15) is 44.2 Å². The Hall–Kier alpha value is -1.74. The molecular weight excluding hydrogens is 412 g/mol. The first-order valence-corrected chi connectivity index (χ1v) is 12.5. The maximum absolute atomic E-state index is 12.0. The standard InChI is InChI=1S/C23H34N4O3S/c28-23(18-29-17-19-16-21(30-25-19)22-8-4-15-31-22)24-9-5-10-26-11-13-27(14-12-26)20-6-2-1-3-7-20/h4,8,15-16,20H,1-3,5-7,9-14,17-18H2,(H,24,28).